The molecule has 176 valence electrons. The van der Waals surface area contributed by atoms with E-state index < -0.39 is 10.9 Å². The summed E-state index contributed by atoms with van der Waals surface area (Å²) in [5, 5.41) is 10.8. The van der Waals surface area contributed by atoms with Crippen molar-refractivity contribution in [1.82, 2.24) is 4.90 Å². The van der Waals surface area contributed by atoms with Crippen LogP contribution in [-0.4, -0.2) is 52.4 Å². The van der Waals surface area contributed by atoms with Crippen molar-refractivity contribution in [1.29, 1.82) is 0 Å². The van der Waals surface area contributed by atoms with Gasteiger partial charge in [0.15, 0.2) is 11.5 Å². The first-order valence-corrected chi connectivity index (χ1v) is 11.6. The second kappa shape index (κ2) is 10.3. The summed E-state index contributed by atoms with van der Waals surface area (Å²) in [4.78, 5) is 37.6. The van der Waals surface area contributed by atoms with Crippen molar-refractivity contribution in [2.24, 2.45) is 0 Å². The number of nitro groups is 1. The Labute approximate surface area is 204 Å². The van der Waals surface area contributed by atoms with Gasteiger partial charge in [0.05, 0.1) is 35.2 Å². The third kappa shape index (κ3) is 5.27. The van der Waals surface area contributed by atoms with Gasteiger partial charge in [0.1, 0.15) is 4.32 Å². The number of amides is 1. The van der Waals surface area contributed by atoms with Crippen molar-refractivity contribution in [2.45, 2.75) is 18.9 Å². The van der Waals surface area contributed by atoms with E-state index in [1.807, 2.05) is 0 Å². The van der Waals surface area contributed by atoms with Crippen molar-refractivity contribution < 1.29 is 28.7 Å². The average Bonchev–Trinajstić information content (AvgIpc) is 3.44. The number of hydrogen-bond donors (Lipinski definition) is 0. The third-order valence-corrected chi connectivity index (χ3v) is 6.66. The van der Waals surface area contributed by atoms with E-state index in [4.69, 9.17) is 26.4 Å². The first-order valence-electron chi connectivity index (χ1n) is 10.4. The molecular formula is C23H20N2O7S2. The van der Waals surface area contributed by atoms with Gasteiger partial charge in [0.2, 0.25) is 0 Å². The zero-order valence-corrected chi connectivity index (χ0v) is 19.7. The van der Waals surface area contributed by atoms with Gasteiger partial charge >= 0.3 is 5.97 Å². The molecule has 2 aromatic rings. The van der Waals surface area contributed by atoms with Gasteiger partial charge in [-0.15, -0.1) is 0 Å². The molecule has 0 spiro atoms. The fraction of sp³-hybridized carbons (Fsp3) is 0.261. The molecule has 0 saturated carbocycles. The second-order valence-corrected chi connectivity index (χ2v) is 9.21. The number of rotatable bonds is 7. The minimum Gasteiger partial charge on any atom is -0.493 e. The van der Waals surface area contributed by atoms with Crippen molar-refractivity contribution in [3.05, 3.63) is 68.6 Å². The van der Waals surface area contributed by atoms with Gasteiger partial charge in [0.25, 0.3) is 11.6 Å². The van der Waals surface area contributed by atoms with E-state index in [1.165, 1.54) is 43.1 Å². The summed E-state index contributed by atoms with van der Waals surface area (Å²) in [6.07, 6.45) is 3.61. The van der Waals surface area contributed by atoms with Crippen LogP contribution in [0.1, 0.15) is 28.8 Å². The molecule has 1 unspecified atom stereocenters. The minimum absolute atomic E-state index is 0.00617. The van der Waals surface area contributed by atoms with Crippen LogP contribution in [0.4, 0.5) is 5.69 Å². The maximum Gasteiger partial charge on any atom is 0.343 e. The fourth-order valence-corrected chi connectivity index (χ4v) is 4.81. The van der Waals surface area contributed by atoms with Crippen LogP contribution in [0.5, 0.6) is 11.5 Å². The van der Waals surface area contributed by atoms with Crippen LogP contribution in [0.15, 0.2) is 47.4 Å². The normalized spacial score (nSPS) is 19.0. The van der Waals surface area contributed by atoms with Crippen molar-refractivity contribution in [3.8, 4) is 11.5 Å². The lowest BCUT2D eigenvalue weighted by Crippen LogP contribution is -2.35. The Morgan fingerprint density at radius 3 is 2.71 bits per heavy atom. The van der Waals surface area contributed by atoms with E-state index in [2.05, 4.69) is 0 Å². The Morgan fingerprint density at radius 1 is 1.29 bits per heavy atom. The largest absolute Gasteiger partial charge is 0.493 e. The molecule has 0 N–H and O–H groups in total. The molecule has 1 amide bonds. The molecule has 2 aliphatic rings. The number of nitro benzene ring substituents is 1. The number of esters is 1. The lowest BCUT2D eigenvalue weighted by Gasteiger charge is -2.18. The fourth-order valence-electron chi connectivity index (χ4n) is 3.54. The molecule has 0 bridgehead atoms. The minimum atomic E-state index is -0.684. The van der Waals surface area contributed by atoms with Crippen LogP contribution in [0.25, 0.3) is 6.08 Å². The van der Waals surface area contributed by atoms with Crippen molar-refractivity contribution in [2.75, 3.05) is 20.3 Å². The smallest absolute Gasteiger partial charge is 0.343 e. The average molecular weight is 501 g/mol. The van der Waals surface area contributed by atoms with Crippen LogP contribution >= 0.6 is 24.0 Å². The Kier molecular flexibility index (Phi) is 7.25. The number of thioether (sulfide) groups is 1. The summed E-state index contributed by atoms with van der Waals surface area (Å²) >= 11 is 6.61. The molecule has 0 aliphatic carbocycles. The number of methoxy groups -OCH3 is 1. The molecule has 2 aliphatic heterocycles. The Morgan fingerprint density at radius 2 is 2.06 bits per heavy atom. The molecule has 1 atom stereocenters. The van der Waals surface area contributed by atoms with Crippen molar-refractivity contribution in [3.63, 3.8) is 0 Å². The van der Waals surface area contributed by atoms with Crippen LogP contribution in [0.2, 0.25) is 0 Å². The maximum absolute atomic E-state index is 12.8. The highest BCUT2D eigenvalue weighted by Crippen LogP contribution is 2.35. The quantitative estimate of drug-likeness (QED) is 0.138. The number of carbonyl (C=O) groups excluding carboxylic acids is 2. The Hall–Kier alpha value is -3.28. The van der Waals surface area contributed by atoms with E-state index in [-0.39, 0.29) is 29.0 Å². The van der Waals surface area contributed by atoms with Crippen molar-refractivity contribution >= 4 is 51.9 Å². The molecule has 11 heteroatoms. The summed E-state index contributed by atoms with van der Waals surface area (Å²) in [6.45, 7) is 1.15. The number of hydrogen-bond acceptors (Lipinski definition) is 9. The van der Waals surface area contributed by atoms with Gasteiger partial charge in [-0.05, 0) is 48.7 Å². The number of ether oxygens (including phenoxy) is 3. The van der Waals surface area contributed by atoms with Gasteiger partial charge in [-0.1, -0.05) is 30.0 Å². The van der Waals surface area contributed by atoms with Gasteiger partial charge < -0.3 is 14.2 Å². The molecule has 9 nitrogen and oxygen atoms in total. The van der Waals surface area contributed by atoms with Crippen LogP contribution in [-0.2, 0) is 9.53 Å². The summed E-state index contributed by atoms with van der Waals surface area (Å²) in [7, 11) is 1.43. The van der Waals surface area contributed by atoms with Crippen LogP contribution in [0, 0.1) is 10.1 Å². The molecule has 0 aromatic heterocycles. The second-order valence-electron chi connectivity index (χ2n) is 7.53. The topological polar surface area (TPSA) is 108 Å². The molecule has 2 saturated heterocycles. The number of nitrogens with zero attached hydrogens (tertiary/aromatic N) is 2. The number of thiocarbonyl (C=S) groups is 1. The predicted molar refractivity (Wildman–Crippen MR) is 130 cm³/mol. The summed E-state index contributed by atoms with van der Waals surface area (Å²) in [5.74, 6) is -0.387. The molecule has 2 aromatic carbocycles. The third-order valence-electron chi connectivity index (χ3n) is 5.29. The monoisotopic (exact) mass is 500 g/mol. The zero-order valence-electron chi connectivity index (χ0n) is 18.1. The molecular weight excluding hydrogens is 480 g/mol. The van der Waals surface area contributed by atoms with Crippen LogP contribution in [0.3, 0.4) is 0 Å². The number of benzene rings is 2. The van der Waals surface area contributed by atoms with Crippen LogP contribution < -0.4 is 9.47 Å². The highest BCUT2D eigenvalue weighted by atomic mass is 32.2. The Bertz CT molecular complexity index is 1170. The van der Waals surface area contributed by atoms with Gasteiger partial charge in [-0.3, -0.25) is 19.8 Å². The molecule has 2 heterocycles. The van der Waals surface area contributed by atoms with E-state index in [0.29, 0.717) is 33.7 Å². The maximum atomic E-state index is 12.8. The predicted octanol–water partition coefficient (Wildman–Crippen LogP) is 4.20. The van der Waals surface area contributed by atoms with E-state index in [9.17, 15) is 19.7 Å². The highest BCUT2D eigenvalue weighted by Gasteiger charge is 2.34. The summed E-state index contributed by atoms with van der Waals surface area (Å²) < 4.78 is 16.9. The van der Waals surface area contributed by atoms with Gasteiger partial charge in [-0.25, -0.2) is 4.79 Å². The summed E-state index contributed by atoms with van der Waals surface area (Å²) in [5.41, 5.74) is 0.705. The van der Waals surface area contributed by atoms with Gasteiger partial charge in [0, 0.05) is 18.7 Å². The SMILES string of the molecule is COc1cc(C=C2SC(=S)N(CC3CCCO3)C2=O)ccc1OC(=O)c1ccc([N+](=O)[O-])cc1. The first-order chi connectivity index (χ1) is 16.4. The van der Waals surface area contributed by atoms with E-state index in [1.54, 1.807) is 29.2 Å². The van der Waals surface area contributed by atoms with E-state index in [0.717, 1.165) is 12.8 Å². The zero-order chi connectivity index (χ0) is 24.2. The number of carbonyl (C=O) groups is 2. The standard InChI is InChI=1S/C23H20N2O7S2/c1-30-19-11-14(12-20-21(26)24(23(33)34-20)13-17-3-2-10-31-17)4-9-18(19)32-22(27)15-5-7-16(8-6-15)25(28)29/h4-9,11-12,17H,2-3,10,13H2,1H3. The Balaban J connectivity index is 1.48. The lowest BCUT2D eigenvalue weighted by atomic mass is 10.1. The molecule has 0 radical (unpaired) electrons. The first kappa shape index (κ1) is 23.9. The molecule has 4 rings (SSSR count). The molecule has 34 heavy (non-hydrogen) atoms. The highest BCUT2D eigenvalue weighted by molar-refractivity contribution is 8.26. The van der Waals surface area contributed by atoms with Gasteiger partial charge in [-0.2, -0.15) is 0 Å². The summed E-state index contributed by atoms with van der Waals surface area (Å²) in [6, 6.07) is 9.98. The number of non-ortho nitro benzene ring substituents is 1. The lowest BCUT2D eigenvalue weighted by molar-refractivity contribution is -0.384. The molecule has 2 fully saturated rings. The van der Waals surface area contributed by atoms with E-state index >= 15 is 0 Å².